The van der Waals surface area contributed by atoms with E-state index >= 15 is 0 Å². The van der Waals surface area contributed by atoms with Gasteiger partial charge in [-0.15, -0.1) is 11.7 Å². The van der Waals surface area contributed by atoms with Crippen LogP contribution in [0.25, 0.3) is 0 Å². The minimum Gasteiger partial charge on any atom is -0.337 e. The molecule has 0 aliphatic heterocycles. The Morgan fingerprint density at radius 3 is 2.60 bits per heavy atom. The maximum atomic E-state index is 13.0. The molecule has 30 heavy (non-hydrogen) atoms. The number of benzene rings is 1. The summed E-state index contributed by atoms with van der Waals surface area (Å²) in [7, 11) is 1.62. The SMILES string of the molecule is C=C[C@@H](C)[C@H](NC(=O)c1n[nH]c(Cc2ccccc2)n1)C(=O)N(C)c1ccccn1. The average molecular weight is 404 g/mol. The van der Waals surface area contributed by atoms with Crippen LogP contribution < -0.4 is 10.2 Å². The highest BCUT2D eigenvalue weighted by Gasteiger charge is 2.30. The van der Waals surface area contributed by atoms with Crippen molar-refractivity contribution in [3.8, 4) is 0 Å². The van der Waals surface area contributed by atoms with Gasteiger partial charge in [-0.1, -0.05) is 49.4 Å². The van der Waals surface area contributed by atoms with Gasteiger partial charge in [-0.2, -0.15) is 0 Å². The molecule has 3 aromatic rings. The van der Waals surface area contributed by atoms with Crippen molar-refractivity contribution in [1.82, 2.24) is 25.5 Å². The zero-order chi connectivity index (χ0) is 21.5. The molecule has 0 aliphatic carbocycles. The number of aromatic nitrogens is 4. The molecule has 0 bridgehead atoms. The fourth-order valence-corrected chi connectivity index (χ4v) is 2.90. The molecule has 154 valence electrons. The smallest absolute Gasteiger partial charge is 0.291 e. The highest BCUT2D eigenvalue weighted by Crippen LogP contribution is 2.14. The van der Waals surface area contributed by atoms with Crippen molar-refractivity contribution in [3.63, 3.8) is 0 Å². The topological polar surface area (TPSA) is 104 Å². The predicted octanol–water partition coefficient (Wildman–Crippen LogP) is 2.37. The first-order chi connectivity index (χ1) is 14.5. The molecule has 8 heteroatoms. The first kappa shape index (κ1) is 20.9. The van der Waals surface area contributed by atoms with Crippen LogP contribution in [0.15, 0.2) is 67.4 Å². The molecule has 1 aromatic carbocycles. The van der Waals surface area contributed by atoms with Gasteiger partial charge in [0.1, 0.15) is 17.7 Å². The Kier molecular flexibility index (Phi) is 6.69. The molecule has 2 aromatic heterocycles. The van der Waals surface area contributed by atoms with Crippen LogP contribution in [0.5, 0.6) is 0 Å². The fourth-order valence-electron chi connectivity index (χ4n) is 2.90. The molecule has 0 saturated carbocycles. The van der Waals surface area contributed by atoms with E-state index < -0.39 is 11.9 Å². The van der Waals surface area contributed by atoms with Crippen molar-refractivity contribution < 1.29 is 9.59 Å². The van der Waals surface area contributed by atoms with Gasteiger partial charge in [-0.25, -0.2) is 9.97 Å². The lowest BCUT2D eigenvalue weighted by Gasteiger charge is -2.26. The Bertz CT molecular complexity index is 1000. The van der Waals surface area contributed by atoms with Crippen molar-refractivity contribution >= 4 is 17.6 Å². The van der Waals surface area contributed by atoms with E-state index in [0.29, 0.717) is 18.1 Å². The number of H-pyrrole nitrogens is 1. The quantitative estimate of drug-likeness (QED) is 0.561. The van der Waals surface area contributed by atoms with E-state index in [1.165, 1.54) is 4.90 Å². The first-order valence-corrected chi connectivity index (χ1v) is 9.56. The van der Waals surface area contributed by atoms with Gasteiger partial charge in [0.2, 0.25) is 5.82 Å². The van der Waals surface area contributed by atoms with Gasteiger partial charge in [0.15, 0.2) is 0 Å². The summed E-state index contributed by atoms with van der Waals surface area (Å²) in [6.45, 7) is 5.56. The number of amides is 2. The number of likely N-dealkylation sites (N-methyl/N-ethyl adjacent to an activating group) is 1. The van der Waals surface area contributed by atoms with E-state index in [0.717, 1.165) is 5.56 Å². The van der Waals surface area contributed by atoms with E-state index in [2.05, 4.69) is 32.1 Å². The Balaban J connectivity index is 1.73. The van der Waals surface area contributed by atoms with Crippen LogP contribution in [0.4, 0.5) is 5.82 Å². The minimum atomic E-state index is -0.835. The van der Waals surface area contributed by atoms with Crippen molar-refractivity contribution in [2.45, 2.75) is 19.4 Å². The van der Waals surface area contributed by atoms with Crippen LogP contribution in [0.1, 0.15) is 28.9 Å². The summed E-state index contributed by atoms with van der Waals surface area (Å²) in [4.78, 5) is 35.6. The number of pyridine rings is 1. The van der Waals surface area contributed by atoms with Gasteiger partial charge in [0.25, 0.3) is 11.8 Å². The number of carbonyl (C=O) groups is 2. The Morgan fingerprint density at radius 1 is 1.20 bits per heavy atom. The van der Waals surface area contributed by atoms with Crippen molar-refractivity contribution in [1.29, 1.82) is 0 Å². The average Bonchev–Trinajstić information content (AvgIpc) is 3.25. The molecule has 2 atom stereocenters. The van der Waals surface area contributed by atoms with E-state index in [9.17, 15) is 9.59 Å². The van der Waals surface area contributed by atoms with Gasteiger partial charge in [-0.05, 0) is 17.7 Å². The van der Waals surface area contributed by atoms with Crippen LogP contribution in [-0.2, 0) is 11.2 Å². The first-order valence-electron chi connectivity index (χ1n) is 9.56. The molecule has 0 fully saturated rings. The Labute approximate surface area is 175 Å². The highest BCUT2D eigenvalue weighted by molar-refractivity contribution is 6.00. The Hall–Kier alpha value is -3.81. The van der Waals surface area contributed by atoms with Crippen LogP contribution in [0, 0.1) is 5.92 Å². The second-order valence-electron chi connectivity index (χ2n) is 6.90. The molecular formula is C22H24N6O2. The molecule has 2 N–H and O–H groups in total. The predicted molar refractivity (Wildman–Crippen MR) is 114 cm³/mol. The number of rotatable bonds is 8. The molecule has 2 heterocycles. The third-order valence-electron chi connectivity index (χ3n) is 4.72. The molecule has 8 nitrogen and oxygen atoms in total. The zero-order valence-corrected chi connectivity index (χ0v) is 16.9. The van der Waals surface area contributed by atoms with E-state index in [4.69, 9.17) is 0 Å². The van der Waals surface area contributed by atoms with Crippen molar-refractivity contribution in [2.75, 3.05) is 11.9 Å². The maximum absolute atomic E-state index is 13.0. The lowest BCUT2D eigenvalue weighted by molar-refractivity contribution is -0.120. The highest BCUT2D eigenvalue weighted by atomic mass is 16.2. The van der Waals surface area contributed by atoms with Crippen molar-refractivity contribution in [2.24, 2.45) is 5.92 Å². The summed E-state index contributed by atoms with van der Waals surface area (Å²) < 4.78 is 0. The second-order valence-corrected chi connectivity index (χ2v) is 6.90. The number of hydrogen-bond acceptors (Lipinski definition) is 5. The molecule has 0 saturated heterocycles. The largest absolute Gasteiger partial charge is 0.337 e. The zero-order valence-electron chi connectivity index (χ0n) is 16.9. The number of nitrogens with zero attached hydrogens (tertiary/aromatic N) is 4. The maximum Gasteiger partial charge on any atom is 0.291 e. The molecule has 3 rings (SSSR count). The molecule has 0 unspecified atom stereocenters. The summed E-state index contributed by atoms with van der Waals surface area (Å²) in [6, 6.07) is 14.2. The van der Waals surface area contributed by atoms with Gasteiger partial charge >= 0.3 is 0 Å². The van der Waals surface area contributed by atoms with Gasteiger partial charge in [0.05, 0.1) is 0 Å². The van der Waals surface area contributed by atoms with Gasteiger partial charge < -0.3 is 5.32 Å². The van der Waals surface area contributed by atoms with Crippen molar-refractivity contribution in [3.05, 3.63) is 84.6 Å². The van der Waals surface area contributed by atoms with Crippen LogP contribution in [0.2, 0.25) is 0 Å². The Morgan fingerprint density at radius 2 is 1.93 bits per heavy atom. The normalized spacial score (nSPS) is 12.6. The number of hydrogen-bond donors (Lipinski definition) is 2. The summed E-state index contributed by atoms with van der Waals surface area (Å²) in [5.41, 5.74) is 1.05. The third-order valence-corrected chi connectivity index (χ3v) is 4.72. The molecule has 2 amide bonds. The standard InChI is InChI=1S/C22H24N6O2/c1-4-15(2)19(22(30)28(3)18-12-8-9-13-23-18)25-21(29)20-24-17(26-27-20)14-16-10-6-5-7-11-16/h4-13,15,19H,1,14H2,2-3H3,(H,25,29)(H,24,26,27)/t15-,19+/m1/s1. The number of anilines is 1. The molecular weight excluding hydrogens is 380 g/mol. The summed E-state index contributed by atoms with van der Waals surface area (Å²) in [6.07, 6.45) is 3.74. The molecule has 0 spiro atoms. The lowest BCUT2D eigenvalue weighted by atomic mass is 10.0. The van der Waals surface area contributed by atoms with E-state index in [1.54, 1.807) is 44.4 Å². The van der Waals surface area contributed by atoms with Gasteiger partial charge in [0, 0.05) is 25.6 Å². The van der Waals surface area contributed by atoms with Crippen LogP contribution in [0.3, 0.4) is 0 Å². The van der Waals surface area contributed by atoms with Crippen LogP contribution in [-0.4, -0.2) is 45.1 Å². The third kappa shape index (κ3) is 4.96. The summed E-state index contributed by atoms with van der Waals surface area (Å²) >= 11 is 0. The lowest BCUT2D eigenvalue weighted by Crippen LogP contribution is -2.51. The number of carbonyl (C=O) groups excluding carboxylic acids is 2. The molecule has 0 aliphatic rings. The number of nitrogens with one attached hydrogen (secondary N) is 2. The monoisotopic (exact) mass is 404 g/mol. The summed E-state index contributed by atoms with van der Waals surface area (Å²) in [5.74, 6) is -0.120. The van der Waals surface area contributed by atoms with E-state index in [1.807, 2.05) is 30.3 Å². The minimum absolute atomic E-state index is 0.0181. The molecule has 0 radical (unpaired) electrons. The summed E-state index contributed by atoms with van der Waals surface area (Å²) in [5, 5.41) is 9.52. The van der Waals surface area contributed by atoms with Crippen LogP contribution >= 0.6 is 0 Å². The second kappa shape index (κ2) is 9.60. The number of aromatic amines is 1. The van der Waals surface area contributed by atoms with E-state index in [-0.39, 0.29) is 17.6 Å². The fraction of sp³-hybridized carbons (Fsp3) is 0.227. The van der Waals surface area contributed by atoms with Gasteiger partial charge in [-0.3, -0.25) is 19.6 Å².